The molecule has 0 aliphatic heterocycles. The van der Waals surface area contributed by atoms with E-state index in [2.05, 4.69) is 5.32 Å². The highest BCUT2D eigenvalue weighted by Crippen LogP contribution is 2.04. The zero-order chi connectivity index (χ0) is 13.6. The first-order valence-electron chi connectivity index (χ1n) is 5.57. The molecule has 0 aromatic heterocycles. The maximum Gasteiger partial charge on any atom is 0.407 e. The Morgan fingerprint density at radius 1 is 1.29 bits per heavy atom. The molecule has 0 aliphatic carbocycles. The molecule has 6 nitrogen and oxygen atoms in total. The standard InChI is InChI=1S/C11H22N2O4/c1-8(2)12-11(16)17-9(6-10(14)15)7-13(3,4)5/h8-9H,6-7H2,1-5H3,(H-,12,14,15,16). The molecule has 1 amide bonds. The summed E-state index contributed by atoms with van der Waals surface area (Å²) in [5.74, 6) is -1.22. The summed E-state index contributed by atoms with van der Waals surface area (Å²) in [4.78, 5) is 21.9. The van der Waals surface area contributed by atoms with Gasteiger partial charge in [-0.05, 0) is 13.8 Å². The van der Waals surface area contributed by atoms with Crippen LogP contribution in [0.25, 0.3) is 0 Å². The summed E-state index contributed by atoms with van der Waals surface area (Å²) in [5, 5.41) is 13.1. The van der Waals surface area contributed by atoms with Crippen LogP contribution in [0.2, 0.25) is 0 Å². The van der Waals surface area contributed by atoms with Crippen LogP contribution in [0.3, 0.4) is 0 Å². The number of nitrogens with zero attached hydrogens (tertiary/aromatic N) is 1. The highest BCUT2D eigenvalue weighted by molar-refractivity contribution is 5.69. The van der Waals surface area contributed by atoms with Gasteiger partial charge >= 0.3 is 6.09 Å². The van der Waals surface area contributed by atoms with Crippen LogP contribution in [-0.4, -0.2) is 56.4 Å². The third-order valence-corrected chi connectivity index (χ3v) is 1.83. The predicted molar refractivity (Wildman–Crippen MR) is 61.1 cm³/mol. The molecule has 0 bridgehead atoms. The molecule has 1 N–H and O–H groups in total. The number of hydrogen-bond acceptors (Lipinski definition) is 4. The van der Waals surface area contributed by atoms with Gasteiger partial charge in [0.25, 0.3) is 0 Å². The van der Waals surface area contributed by atoms with Crippen LogP contribution in [0.15, 0.2) is 0 Å². The number of amides is 1. The number of nitrogens with one attached hydrogen (secondary N) is 1. The first-order chi connectivity index (χ1) is 7.60. The van der Waals surface area contributed by atoms with Crippen LogP contribution < -0.4 is 10.4 Å². The van der Waals surface area contributed by atoms with Crippen molar-refractivity contribution in [1.82, 2.24) is 5.32 Å². The Kier molecular flexibility index (Phi) is 5.95. The lowest BCUT2D eigenvalue weighted by Crippen LogP contribution is -2.46. The summed E-state index contributed by atoms with van der Waals surface area (Å²) in [6, 6.07) is -0.0461. The summed E-state index contributed by atoms with van der Waals surface area (Å²) in [6.45, 7) is 4.02. The third-order valence-electron chi connectivity index (χ3n) is 1.83. The lowest BCUT2D eigenvalue weighted by Gasteiger charge is -2.29. The Labute approximate surface area is 102 Å². The normalized spacial score (nSPS) is 13.3. The lowest BCUT2D eigenvalue weighted by atomic mass is 10.2. The molecule has 0 spiro atoms. The van der Waals surface area contributed by atoms with Crippen molar-refractivity contribution in [2.24, 2.45) is 0 Å². The second-order valence-corrected chi connectivity index (χ2v) is 5.38. The molecule has 0 heterocycles. The molecular weight excluding hydrogens is 224 g/mol. The van der Waals surface area contributed by atoms with E-state index in [-0.39, 0.29) is 12.5 Å². The third kappa shape index (κ3) is 9.62. The number of aliphatic carboxylic acids is 1. The number of likely N-dealkylation sites (N-methyl/N-ethyl adjacent to an activating group) is 1. The monoisotopic (exact) mass is 246 g/mol. The van der Waals surface area contributed by atoms with Crippen LogP contribution in [0.5, 0.6) is 0 Å². The molecule has 0 fully saturated rings. The first kappa shape index (κ1) is 15.7. The van der Waals surface area contributed by atoms with E-state index >= 15 is 0 Å². The second-order valence-electron chi connectivity index (χ2n) is 5.38. The largest absolute Gasteiger partial charge is 0.550 e. The van der Waals surface area contributed by atoms with Crippen LogP contribution in [0.4, 0.5) is 4.79 Å². The van der Waals surface area contributed by atoms with E-state index in [0.717, 1.165) is 0 Å². The minimum Gasteiger partial charge on any atom is -0.550 e. The maximum atomic E-state index is 11.4. The Balaban J connectivity index is 4.38. The van der Waals surface area contributed by atoms with Gasteiger partial charge in [-0.25, -0.2) is 4.79 Å². The number of carboxylic acids is 1. The van der Waals surface area contributed by atoms with Crippen LogP contribution in [-0.2, 0) is 9.53 Å². The molecule has 0 rings (SSSR count). The van der Waals surface area contributed by atoms with E-state index in [1.54, 1.807) is 13.8 Å². The van der Waals surface area contributed by atoms with Crippen molar-refractivity contribution in [3.8, 4) is 0 Å². The van der Waals surface area contributed by atoms with E-state index in [0.29, 0.717) is 11.0 Å². The Hall–Kier alpha value is -1.30. The number of rotatable bonds is 6. The molecule has 0 radical (unpaired) electrons. The van der Waals surface area contributed by atoms with Gasteiger partial charge in [0.15, 0.2) is 6.10 Å². The molecule has 0 aromatic carbocycles. The second kappa shape index (κ2) is 6.44. The van der Waals surface area contributed by atoms with Crippen molar-refractivity contribution in [3.63, 3.8) is 0 Å². The summed E-state index contributed by atoms with van der Waals surface area (Å²) in [7, 11) is 5.68. The van der Waals surface area contributed by atoms with Crippen molar-refractivity contribution < 1.29 is 23.9 Å². The minimum absolute atomic E-state index is 0.0461. The zero-order valence-corrected chi connectivity index (χ0v) is 11.1. The lowest BCUT2D eigenvalue weighted by molar-refractivity contribution is -0.873. The Bertz CT molecular complexity index is 271. The summed E-state index contributed by atoms with van der Waals surface area (Å²) < 4.78 is 5.57. The summed E-state index contributed by atoms with van der Waals surface area (Å²) >= 11 is 0. The molecule has 100 valence electrons. The molecule has 1 unspecified atom stereocenters. The number of alkyl carbamates (subject to hydrolysis) is 1. The van der Waals surface area contributed by atoms with Crippen LogP contribution in [0.1, 0.15) is 20.3 Å². The number of carbonyl (C=O) groups excluding carboxylic acids is 2. The van der Waals surface area contributed by atoms with Crippen molar-refractivity contribution in [2.75, 3.05) is 27.7 Å². The van der Waals surface area contributed by atoms with Gasteiger partial charge in [0.2, 0.25) is 0 Å². The maximum absolute atomic E-state index is 11.4. The van der Waals surface area contributed by atoms with Crippen molar-refractivity contribution in [2.45, 2.75) is 32.4 Å². The molecule has 1 atom stereocenters. The quantitative estimate of drug-likeness (QED) is 0.631. The van der Waals surface area contributed by atoms with Crippen LogP contribution >= 0.6 is 0 Å². The van der Waals surface area contributed by atoms with E-state index in [9.17, 15) is 14.7 Å². The summed E-state index contributed by atoms with van der Waals surface area (Å²) in [6.07, 6.45) is -1.57. The van der Waals surface area contributed by atoms with E-state index in [1.807, 2.05) is 21.1 Å². The van der Waals surface area contributed by atoms with Gasteiger partial charge in [-0.15, -0.1) is 0 Å². The molecule has 0 saturated carbocycles. The van der Waals surface area contributed by atoms with E-state index in [4.69, 9.17) is 4.74 Å². The fourth-order valence-corrected chi connectivity index (χ4v) is 1.36. The van der Waals surface area contributed by atoms with E-state index < -0.39 is 18.2 Å². The molecule has 0 aromatic rings. The number of carboxylic acid groups (broad SMARTS) is 1. The smallest absolute Gasteiger partial charge is 0.407 e. The average Bonchev–Trinajstić information content (AvgIpc) is 1.95. The fourth-order valence-electron chi connectivity index (χ4n) is 1.36. The zero-order valence-electron chi connectivity index (χ0n) is 11.1. The molecular formula is C11H22N2O4. The topological polar surface area (TPSA) is 78.5 Å². The highest BCUT2D eigenvalue weighted by Gasteiger charge is 2.22. The number of hydrogen-bond donors (Lipinski definition) is 1. The van der Waals surface area contributed by atoms with Gasteiger partial charge in [-0.2, -0.15) is 0 Å². The number of carbonyl (C=O) groups is 2. The van der Waals surface area contributed by atoms with Gasteiger partial charge in [0.1, 0.15) is 6.54 Å². The van der Waals surface area contributed by atoms with Crippen molar-refractivity contribution >= 4 is 12.1 Å². The van der Waals surface area contributed by atoms with Gasteiger partial charge in [-0.1, -0.05) is 0 Å². The minimum atomic E-state index is -1.22. The molecule has 0 aliphatic rings. The predicted octanol–water partition coefficient (Wildman–Crippen LogP) is -0.664. The van der Waals surface area contributed by atoms with E-state index in [1.165, 1.54) is 0 Å². The van der Waals surface area contributed by atoms with Gasteiger partial charge in [-0.3, -0.25) is 0 Å². The Morgan fingerprint density at radius 2 is 1.82 bits per heavy atom. The van der Waals surface area contributed by atoms with Gasteiger partial charge in [0, 0.05) is 18.4 Å². The van der Waals surface area contributed by atoms with Crippen molar-refractivity contribution in [3.05, 3.63) is 0 Å². The average molecular weight is 246 g/mol. The molecule has 17 heavy (non-hydrogen) atoms. The first-order valence-corrected chi connectivity index (χ1v) is 5.57. The highest BCUT2D eigenvalue weighted by atomic mass is 16.6. The molecule has 6 heteroatoms. The van der Waals surface area contributed by atoms with Crippen LogP contribution in [0, 0.1) is 0 Å². The van der Waals surface area contributed by atoms with Gasteiger partial charge in [0.05, 0.1) is 21.1 Å². The fraction of sp³-hybridized carbons (Fsp3) is 0.818. The number of ether oxygens (including phenoxy) is 1. The van der Waals surface area contributed by atoms with Crippen molar-refractivity contribution in [1.29, 1.82) is 0 Å². The molecule has 0 saturated heterocycles. The summed E-state index contributed by atoms with van der Waals surface area (Å²) in [5.41, 5.74) is 0. The Morgan fingerprint density at radius 3 is 2.18 bits per heavy atom. The van der Waals surface area contributed by atoms with Gasteiger partial charge < -0.3 is 24.4 Å². The number of quaternary nitrogens is 1. The SMILES string of the molecule is CC(C)NC(=O)OC(CC(=O)[O-])C[N+](C)(C)C.